The largest absolute Gasteiger partial charge is 0.496 e. The number of ether oxygens (including phenoxy) is 1. The number of carboxylic acid groups (broad SMARTS) is 1. The van der Waals surface area contributed by atoms with E-state index in [-0.39, 0.29) is 47.5 Å². The predicted molar refractivity (Wildman–Crippen MR) is 130 cm³/mol. The van der Waals surface area contributed by atoms with E-state index in [0.29, 0.717) is 17.4 Å². The van der Waals surface area contributed by atoms with Crippen LogP contribution in [0.15, 0.2) is 24.5 Å². The number of rotatable bonds is 8. The highest BCUT2D eigenvalue weighted by molar-refractivity contribution is 6.48. The fourth-order valence-corrected chi connectivity index (χ4v) is 6.50. The lowest BCUT2D eigenvalue weighted by Crippen LogP contribution is -2.65. The minimum atomic E-state index is -1.10. The molecule has 2 heterocycles. The van der Waals surface area contributed by atoms with Crippen LogP contribution >= 0.6 is 0 Å². The molecular weight excluding hydrogens is 477 g/mol. The van der Waals surface area contributed by atoms with Crippen LogP contribution in [0, 0.1) is 28.6 Å². The van der Waals surface area contributed by atoms with Crippen molar-refractivity contribution in [2.75, 3.05) is 7.11 Å². The number of carbonyl (C=O) groups excluding carboxylic acids is 1. The standard InChI is InChI=1S/C25H30BN5O6/c1-24(2)15-9-17(24)25(3)18(10-15)36-26(37-25)19(29-21(32)12-31-13-28-20(11-27)30-31)8-14-6-5-7-16(23(33)34)22(14)35-4/h5-7,13,15,17-19H,8-10,12H2,1-4H3,(H,29,32)(H,33,34)/t15-,17-,18+,19-,25-/m0/s1. The summed E-state index contributed by atoms with van der Waals surface area (Å²) in [6, 6.07) is 6.73. The van der Waals surface area contributed by atoms with Gasteiger partial charge in [0.2, 0.25) is 5.91 Å². The molecule has 3 saturated carbocycles. The van der Waals surface area contributed by atoms with Crippen molar-refractivity contribution in [2.45, 2.75) is 64.2 Å². The van der Waals surface area contributed by atoms with Gasteiger partial charge in [0.15, 0.2) is 0 Å². The molecule has 4 aliphatic rings. The number of hydrogen-bond acceptors (Lipinski definition) is 8. The van der Waals surface area contributed by atoms with Gasteiger partial charge in [-0.2, -0.15) is 5.26 Å². The molecule has 5 atom stereocenters. The average molecular weight is 507 g/mol. The third-order valence-electron chi connectivity index (χ3n) is 8.56. The first kappa shape index (κ1) is 25.2. The smallest absolute Gasteiger partial charge is 0.482 e. The topological polar surface area (TPSA) is 149 Å². The maximum absolute atomic E-state index is 13.0. The molecule has 4 fully saturated rings. The fraction of sp³-hybridized carbons (Fsp3) is 0.560. The Kier molecular flexibility index (Phi) is 6.24. The molecule has 0 unspecified atom stereocenters. The second-order valence-corrected chi connectivity index (χ2v) is 10.9. The van der Waals surface area contributed by atoms with Gasteiger partial charge in [-0.3, -0.25) is 4.79 Å². The summed E-state index contributed by atoms with van der Waals surface area (Å²) in [4.78, 5) is 28.6. The van der Waals surface area contributed by atoms with Crippen molar-refractivity contribution in [2.24, 2.45) is 17.3 Å². The van der Waals surface area contributed by atoms with Crippen molar-refractivity contribution < 1.29 is 28.7 Å². The first-order valence-corrected chi connectivity index (χ1v) is 12.4. The SMILES string of the molecule is COc1c(C[C@H](NC(=O)Cn2cnc(C#N)n2)B2O[C@@H]3C[C@@H]4C[C@@H](C4(C)C)[C@]3(C)O2)cccc1C(=O)O. The first-order chi connectivity index (χ1) is 17.6. The number of hydrogen-bond donors (Lipinski definition) is 2. The summed E-state index contributed by atoms with van der Waals surface area (Å²) in [6.45, 7) is 6.50. The molecule has 1 aliphatic heterocycles. The number of amides is 1. The number of nitriles is 1. The molecule has 0 radical (unpaired) electrons. The molecule has 1 amide bonds. The molecule has 12 heteroatoms. The quantitative estimate of drug-likeness (QED) is 0.511. The predicted octanol–water partition coefficient (Wildman–Crippen LogP) is 1.85. The summed E-state index contributed by atoms with van der Waals surface area (Å²) in [5, 5.41) is 25.5. The van der Waals surface area contributed by atoms with Gasteiger partial charge in [-0.15, -0.1) is 5.10 Å². The number of carboxylic acids is 1. The van der Waals surface area contributed by atoms with Gasteiger partial charge in [0.05, 0.1) is 24.8 Å². The number of aromatic nitrogens is 3. The average Bonchev–Trinajstić information content (AvgIpc) is 3.46. The maximum atomic E-state index is 13.0. The molecule has 1 aromatic carbocycles. The van der Waals surface area contributed by atoms with E-state index in [9.17, 15) is 14.7 Å². The molecule has 3 aliphatic carbocycles. The Hall–Kier alpha value is -3.43. The Labute approximate surface area is 215 Å². The molecule has 2 aromatic rings. The van der Waals surface area contributed by atoms with Crippen molar-refractivity contribution in [3.8, 4) is 11.8 Å². The van der Waals surface area contributed by atoms with Gasteiger partial charge < -0.3 is 24.5 Å². The monoisotopic (exact) mass is 507 g/mol. The third kappa shape index (κ3) is 4.26. The van der Waals surface area contributed by atoms with E-state index in [1.165, 1.54) is 24.2 Å². The van der Waals surface area contributed by atoms with E-state index < -0.39 is 24.6 Å². The van der Waals surface area contributed by atoms with Crippen molar-refractivity contribution in [3.05, 3.63) is 41.5 Å². The van der Waals surface area contributed by atoms with Crippen LogP contribution in [-0.4, -0.2) is 63.6 Å². The summed E-state index contributed by atoms with van der Waals surface area (Å²) >= 11 is 0. The molecule has 2 bridgehead atoms. The molecule has 0 spiro atoms. The lowest BCUT2D eigenvalue weighted by molar-refractivity contribution is -0.199. The van der Waals surface area contributed by atoms with Crippen molar-refractivity contribution in [3.63, 3.8) is 0 Å². The minimum Gasteiger partial charge on any atom is -0.496 e. The van der Waals surface area contributed by atoms with Crippen LogP contribution in [0.3, 0.4) is 0 Å². The third-order valence-corrected chi connectivity index (χ3v) is 8.56. The fourth-order valence-electron chi connectivity index (χ4n) is 6.50. The van der Waals surface area contributed by atoms with Crippen LogP contribution in [0.5, 0.6) is 5.75 Å². The van der Waals surface area contributed by atoms with Gasteiger partial charge in [0.1, 0.15) is 30.3 Å². The van der Waals surface area contributed by atoms with E-state index in [0.717, 1.165) is 12.8 Å². The molecule has 11 nitrogen and oxygen atoms in total. The Balaban J connectivity index is 1.41. The number of benzene rings is 1. The number of methoxy groups -OCH3 is 1. The number of nitrogens with zero attached hydrogens (tertiary/aromatic N) is 4. The van der Waals surface area contributed by atoms with Crippen LogP contribution in [0.2, 0.25) is 0 Å². The van der Waals surface area contributed by atoms with Crippen LogP contribution in [-0.2, 0) is 27.1 Å². The second-order valence-electron chi connectivity index (χ2n) is 10.9. The van der Waals surface area contributed by atoms with Crippen LogP contribution in [0.4, 0.5) is 0 Å². The van der Waals surface area contributed by atoms with E-state index in [4.69, 9.17) is 19.3 Å². The zero-order valence-corrected chi connectivity index (χ0v) is 21.3. The number of para-hydroxylation sites is 1. The normalized spacial score (nSPS) is 28.0. The molecule has 6 rings (SSSR count). The highest BCUT2D eigenvalue weighted by Crippen LogP contribution is 2.65. The van der Waals surface area contributed by atoms with Gasteiger partial charge in [0.25, 0.3) is 5.82 Å². The summed E-state index contributed by atoms with van der Waals surface area (Å²) < 4.78 is 19.8. The van der Waals surface area contributed by atoms with E-state index in [2.05, 4.69) is 36.2 Å². The molecule has 1 aromatic heterocycles. The van der Waals surface area contributed by atoms with Gasteiger partial charge in [0, 0.05) is 0 Å². The maximum Gasteiger partial charge on any atom is 0.482 e. The van der Waals surface area contributed by atoms with Crippen LogP contribution in [0.1, 0.15) is 55.4 Å². The Bertz CT molecular complexity index is 1270. The van der Waals surface area contributed by atoms with Crippen molar-refractivity contribution in [1.82, 2.24) is 20.1 Å². The van der Waals surface area contributed by atoms with Gasteiger partial charge in [-0.05, 0) is 55.1 Å². The minimum absolute atomic E-state index is 0.0272. The lowest BCUT2D eigenvalue weighted by atomic mass is 9.43. The van der Waals surface area contributed by atoms with E-state index >= 15 is 0 Å². The summed E-state index contributed by atoms with van der Waals surface area (Å²) in [6.07, 6.45) is 3.44. The van der Waals surface area contributed by atoms with Gasteiger partial charge >= 0.3 is 13.1 Å². The Morgan fingerprint density at radius 2 is 2.16 bits per heavy atom. The van der Waals surface area contributed by atoms with Gasteiger partial charge in [-0.25, -0.2) is 14.5 Å². The molecule has 37 heavy (non-hydrogen) atoms. The van der Waals surface area contributed by atoms with Crippen LogP contribution < -0.4 is 10.1 Å². The highest BCUT2D eigenvalue weighted by Gasteiger charge is 2.68. The summed E-state index contributed by atoms with van der Waals surface area (Å²) in [7, 11) is 0.682. The summed E-state index contributed by atoms with van der Waals surface area (Å²) in [5.41, 5.74) is 0.324. The van der Waals surface area contributed by atoms with Crippen molar-refractivity contribution >= 4 is 19.0 Å². The molecule has 194 valence electrons. The van der Waals surface area contributed by atoms with Crippen molar-refractivity contribution in [1.29, 1.82) is 5.26 Å². The Morgan fingerprint density at radius 1 is 1.38 bits per heavy atom. The second kappa shape index (κ2) is 9.15. The first-order valence-electron chi connectivity index (χ1n) is 12.4. The zero-order valence-electron chi connectivity index (χ0n) is 21.3. The molecule has 1 saturated heterocycles. The summed E-state index contributed by atoms with van der Waals surface area (Å²) in [5.74, 6) is -0.992. The Morgan fingerprint density at radius 3 is 2.81 bits per heavy atom. The van der Waals surface area contributed by atoms with Gasteiger partial charge in [-0.1, -0.05) is 26.0 Å². The van der Waals surface area contributed by atoms with E-state index in [1.807, 2.05) is 6.07 Å². The zero-order chi connectivity index (χ0) is 26.5. The number of carbonyl (C=O) groups is 2. The highest BCUT2D eigenvalue weighted by atomic mass is 16.7. The number of nitrogens with one attached hydrogen (secondary N) is 1. The molecular formula is C25H30BN5O6. The van der Waals surface area contributed by atoms with Crippen LogP contribution in [0.25, 0.3) is 0 Å². The van der Waals surface area contributed by atoms with E-state index in [1.54, 1.807) is 12.1 Å². The number of aromatic carboxylic acids is 1. The lowest BCUT2D eigenvalue weighted by Gasteiger charge is -2.64. The molecule has 2 N–H and O–H groups in total.